The number of hydrogen-bond donors (Lipinski definition) is 0. The third kappa shape index (κ3) is 3.03. The number of halogens is 2. The highest BCUT2D eigenvalue weighted by Crippen LogP contribution is 2.25. The average molecular weight is 336 g/mol. The van der Waals surface area contributed by atoms with E-state index in [1.165, 1.54) is 15.9 Å². The number of fused-ring (bicyclic) bond motifs is 1. The molecule has 0 aromatic heterocycles. The second kappa shape index (κ2) is 6.68. The SMILES string of the molecule is C=CC(=O)N1CCO[C@@H](C(=O)N2CCc3c(F)ccc(F)c3C2)C1. The van der Waals surface area contributed by atoms with Gasteiger partial charge in [0, 0.05) is 25.2 Å². The normalized spacial score (nSPS) is 20.5. The average Bonchev–Trinajstić information content (AvgIpc) is 2.63. The van der Waals surface area contributed by atoms with Crippen LogP contribution in [0.1, 0.15) is 11.1 Å². The largest absolute Gasteiger partial charge is 0.365 e. The van der Waals surface area contributed by atoms with Crippen LogP contribution in [-0.4, -0.2) is 54.0 Å². The third-order valence-electron chi connectivity index (χ3n) is 4.44. The Labute approximate surface area is 138 Å². The lowest BCUT2D eigenvalue weighted by molar-refractivity contribution is -0.153. The number of carbonyl (C=O) groups excluding carboxylic acids is 2. The lowest BCUT2D eigenvalue weighted by Gasteiger charge is -2.36. The van der Waals surface area contributed by atoms with E-state index in [0.29, 0.717) is 18.7 Å². The minimum Gasteiger partial charge on any atom is -0.365 e. The molecule has 0 N–H and O–H groups in total. The first-order valence-corrected chi connectivity index (χ1v) is 7.78. The van der Waals surface area contributed by atoms with Crippen LogP contribution in [0, 0.1) is 11.6 Å². The van der Waals surface area contributed by atoms with Gasteiger partial charge in [-0.15, -0.1) is 0 Å². The second-order valence-electron chi connectivity index (χ2n) is 5.84. The van der Waals surface area contributed by atoms with E-state index < -0.39 is 17.7 Å². The predicted molar refractivity (Wildman–Crippen MR) is 82.0 cm³/mol. The Hall–Kier alpha value is -2.28. The van der Waals surface area contributed by atoms with Crippen LogP contribution in [0.4, 0.5) is 8.78 Å². The van der Waals surface area contributed by atoms with Crippen LogP contribution in [0.25, 0.3) is 0 Å². The molecule has 2 amide bonds. The first-order valence-electron chi connectivity index (χ1n) is 7.78. The van der Waals surface area contributed by atoms with Gasteiger partial charge in [0.2, 0.25) is 5.91 Å². The minimum atomic E-state index is -0.791. The van der Waals surface area contributed by atoms with Crippen molar-refractivity contribution in [3.63, 3.8) is 0 Å². The van der Waals surface area contributed by atoms with Crippen LogP contribution in [0.2, 0.25) is 0 Å². The van der Waals surface area contributed by atoms with Crippen LogP contribution in [0.15, 0.2) is 24.8 Å². The number of benzene rings is 1. The molecule has 1 aromatic rings. The van der Waals surface area contributed by atoms with E-state index in [-0.39, 0.29) is 43.5 Å². The molecule has 24 heavy (non-hydrogen) atoms. The van der Waals surface area contributed by atoms with E-state index in [9.17, 15) is 18.4 Å². The third-order valence-corrected chi connectivity index (χ3v) is 4.44. The van der Waals surface area contributed by atoms with Gasteiger partial charge in [0.25, 0.3) is 5.91 Å². The van der Waals surface area contributed by atoms with Gasteiger partial charge in [0.1, 0.15) is 11.6 Å². The van der Waals surface area contributed by atoms with Crippen molar-refractivity contribution in [3.05, 3.63) is 47.5 Å². The van der Waals surface area contributed by atoms with Gasteiger partial charge in [0.05, 0.1) is 13.2 Å². The van der Waals surface area contributed by atoms with Gasteiger partial charge in [-0.25, -0.2) is 8.78 Å². The van der Waals surface area contributed by atoms with Crippen LogP contribution in [-0.2, 0) is 27.3 Å². The van der Waals surface area contributed by atoms with Gasteiger partial charge in [-0.2, -0.15) is 0 Å². The summed E-state index contributed by atoms with van der Waals surface area (Å²) in [7, 11) is 0. The molecule has 1 fully saturated rings. The molecule has 128 valence electrons. The fraction of sp³-hybridized carbons (Fsp3) is 0.412. The molecule has 0 radical (unpaired) electrons. The molecule has 5 nitrogen and oxygen atoms in total. The lowest BCUT2D eigenvalue weighted by atomic mass is 9.98. The number of rotatable bonds is 2. The summed E-state index contributed by atoms with van der Waals surface area (Å²) in [5.74, 6) is -1.54. The Morgan fingerprint density at radius 2 is 1.88 bits per heavy atom. The molecule has 0 saturated carbocycles. The van der Waals surface area contributed by atoms with E-state index in [1.54, 1.807) is 0 Å². The van der Waals surface area contributed by atoms with E-state index in [0.717, 1.165) is 12.1 Å². The Morgan fingerprint density at radius 3 is 2.58 bits per heavy atom. The van der Waals surface area contributed by atoms with Gasteiger partial charge < -0.3 is 14.5 Å². The molecule has 1 saturated heterocycles. The van der Waals surface area contributed by atoms with Crippen molar-refractivity contribution in [2.24, 2.45) is 0 Å². The highest BCUT2D eigenvalue weighted by Gasteiger charge is 2.34. The number of nitrogens with zero attached hydrogens (tertiary/aromatic N) is 2. The monoisotopic (exact) mass is 336 g/mol. The Kier molecular flexibility index (Phi) is 4.62. The van der Waals surface area contributed by atoms with Crippen molar-refractivity contribution in [1.29, 1.82) is 0 Å². The van der Waals surface area contributed by atoms with Crippen LogP contribution >= 0.6 is 0 Å². The second-order valence-corrected chi connectivity index (χ2v) is 5.84. The first-order chi connectivity index (χ1) is 11.5. The Bertz CT molecular complexity index is 693. The molecule has 0 unspecified atom stereocenters. The Morgan fingerprint density at radius 1 is 1.17 bits per heavy atom. The molecular formula is C17H18F2N2O3. The summed E-state index contributed by atoms with van der Waals surface area (Å²) in [5, 5.41) is 0. The summed E-state index contributed by atoms with van der Waals surface area (Å²) in [6, 6.07) is 2.18. The maximum Gasteiger partial charge on any atom is 0.253 e. The highest BCUT2D eigenvalue weighted by molar-refractivity contribution is 5.88. The maximum atomic E-state index is 13.9. The molecule has 0 aliphatic carbocycles. The predicted octanol–water partition coefficient (Wildman–Crippen LogP) is 1.26. The quantitative estimate of drug-likeness (QED) is 0.764. The van der Waals surface area contributed by atoms with Crippen LogP contribution in [0.3, 0.4) is 0 Å². The summed E-state index contributed by atoms with van der Waals surface area (Å²) < 4.78 is 33.2. The van der Waals surface area contributed by atoms with Gasteiger partial charge in [-0.05, 0) is 30.2 Å². The maximum absolute atomic E-state index is 13.9. The molecule has 0 bridgehead atoms. The van der Waals surface area contributed by atoms with Crippen molar-refractivity contribution < 1.29 is 23.1 Å². The molecule has 1 atom stereocenters. The molecule has 2 aliphatic rings. The standard InChI is InChI=1S/C17H18F2N2O3/c1-2-16(22)20-7-8-24-15(10-20)17(23)21-6-5-11-12(9-21)14(19)4-3-13(11)18/h2-4,15H,1,5-10H2/t15-/m1/s1. The number of morpholine rings is 1. The summed E-state index contributed by atoms with van der Waals surface area (Å²) in [4.78, 5) is 27.3. The number of ether oxygens (including phenoxy) is 1. The Balaban J connectivity index is 1.73. The molecule has 1 aromatic carbocycles. The highest BCUT2D eigenvalue weighted by atomic mass is 19.1. The molecule has 2 heterocycles. The van der Waals surface area contributed by atoms with Crippen molar-refractivity contribution >= 4 is 11.8 Å². The summed E-state index contributed by atoms with van der Waals surface area (Å²) >= 11 is 0. The van der Waals surface area contributed by atoms with Gasteiger partial charge >= 0.3 is 0 Å². The smallest absolute Gasteiger partial charge is 0.253 e. The zero-order valence-corrected chi connectivity index (χ0v) is 13.1. The first kappa shape index (κ1) is 16.6. The van der Waals surface area contributed by atoms with E-state index in [4.69, 9.17) is 4.74 Å². The number of hydrogen-bond acceptors (Lipinski definition) is 3. The van der Waals surface area contributed by atoms with Crippen molar-refractivity contribution in [1.82, 2.24) is 9.80 Å². The zero-order valence-electron chi connectivity index (χ0n) is 13.1. The minimum absolute atomic E-state index is 0.00697. The molecule has 7 heteroatoms. The number of carbonyl (C=O) groups is 2. The molecule has 3 rings (SSSR count). The van der Waals surface area contributed by atoms with E-state index in [1.807, 2.05) is 0 Å². The topological polar surface area (TPSA) is 49.9 Å². The van der Waals surface area contributed by atoms with Gasteiger partial charge in [-0.3, -0.25) is 9.59 Å². The molecule has 0 spiro atoms. The van der Waals surface area contributed by atoms with Gasteiger partial charge in [-0.1, -0.05) is 6.58 Å². The lowest BCUT2D eigenvalue weighted by Crippen LogP contribution is -2.53. The van der Waals surface area contributed by atoms with E-state index in [2.05, 4.69) is 6.58 Å². The fourth-order valence-corrected chi connectivity index (χ4v) is 3.11. The summed E-state index contributed by atoms with van der Waals surface area (Å²) in [6.45, 7) is 4.53. The van der Waals surface area contributed by atoms with Gasteiger partial charge in [0.15, 0.2) is 6.10 Å². The zero-order chi connectivity index (χ0) is 17.3. The number of amides is 2. The van der Waals surface area contributed by atoms with Crippen molar-refractivity contribution in [3.8, 4) is 0 Å². The van der Waals surface area contributed by atoms with Crippen LogP contribution < -0.4 is 0 Å². The molecular weight excluding hydrogens is 318 g/mol. The summed E-state index contributed by atoms with van der Waals surface area (Å²) in [5.41, 5.74) is 0.538. The summed E-state index contributed by atoms with van der Waals surface area (Å²) in [6.07, 6.45) is 0.662. The van der Waals surface area contributed by atoms with Crippen molar-refractivity contribution in [2.75, 3.05) is 26.2 Å². The molecule has 2 aliphatic heterocycles. The van der Waals surface area contributed by atoms with Crippen LogP contribution in [0.5, 0.6) is 0 Å². The van der Waals surface area contributed by atoms with Crippen molar-refractivity contribution in [2.45, 2.75) is 19.1 Å². The van der Waals surface area contributed by atoms with E-state index >= 15 is 0 Å². The fourth-order valence-electron chi connectivity index (χ4n) is 3.11.